The molecule has 1 saturated heterocycles. The minimum atomic E-state index is -0.573. The van der Waals surface area contributed by atoms with Gasteiger partial charge in [-0.05, 0) is 51.1 Å². The van der Waals surface area contributed by atoms with Gasteiger partial charge in [-0.25, -0.2) is 0 Å². The smallest absolute Gasteiger partial charge is 0.324 e. The monoisotopic (exact) mass is 239 g/mol. The number of carboxylic acids is 1. The normalized spacial score (nSPS) is 35.7. The summed E-state index contributed by atoms with van der Waals surface area (Å²) in [5, 5.41) is 9.69. The molecule has 17 heavy (non-hydrogen) atoms. The minimum absolute atomic E-state index is 0.527. The maximum atomic E-state index is 11.8. The van der Waals surface area contributed by atoms with Crippen LogP contribution in [-0.2, 0) is 4.79 Å². The molecular weight excluding hydrogens is 214 g/mol. The Bertz CT molecular complexity index is 273. The van der Waals surface area contributed by atoms with Crippen molar-refractivity contribution < 1.29 is 9.90 Å². The Morgan fingerprint density at radius 2 is 1.94 bits per heavy atom. The van der Waals surface area contributed by atoms with E-state index in [1.165, 1.54) is 25.7 Å². The van der Waals surface area contributed by atoms with Crippen LogP contribution < -0.4 is 0 Å². The largest absolute Gasteiger partial charge is 0.480 e. The molecule has 1 aliphatic heterocycles. The van der Waals surface area contributed by atoms with Gasteiger partial charge in [-0.15, -0.1) is 0 Å². The van der Waals surface area contributed by atoms with Crippen molar-refractivity contribution in [2.24, 2.45) is 5.92 Å². The average molecular weight is 239 g/mol. The van der Waals surface area contributed by atoms with E-state index in [2.05, 4.69) is 11.8 Å². The molecule has 2 fully saturated rings. The van der Waals surface area contributed by atoms with Crippen LogP contribution in [0.15, 0.2) is 0 Å². The van der Waals surface area contributed by atoms with E-state index in [1.807, 2.05) is 0 Å². The molecule has 2 rings (SSSR count). The van der Waals surface area contributed by atoms with Gasteiger partial charge in [0.15, 0.2) is 0 Å². The molecule has 2 aliphatic rings. The van der Waals surface area contributed by atoms with Gasteiger partial charge in [0.2, 0.25) is 0 Å². The first-order valence-electron chi connectivity index (χ1n) is 7.17. The first-order valence-corrected chi connectivity index (χ1v) is 7.17. The molecule has 98 valence electrons. The molecule has 1 aliphatic carbocycles. The third-order valence-corrected chi connectivity index (χ3v) is 4.86. The predicted molar refractivity (Wildman–Crippen MR) is 68.0 cm³/mol. The van der Waals surface area contributed by atoms with E-state index in [0.29, 0.717) is 0 Å². The fourth-order valence-corrected chi connectivity index (χ4v) is 3.61. The van der Waals surface area contributed by atoms with Crippen LogP contribution in [0.4, 0.5) is 0 Å². The van der Waals surface area contributed by atoms with Crippen molar-refractivity contribution in [3.63, 3.8) is 0 Å². The number of rotatable bonds is 3. The summed E-state index contributed by atoms with van der Waals surface area (Å²) >= 11 is 0. The lowest BCUT2D eigenvalue weighted by atomic mass is 9.87. The second kappa shape index (κ2) is 5.38. The maximum Gasteiger partial charge on any atom is 0.324 e. The molecule has 0 amide bonds. The van der Waals surface area contributed by atoms with Crippen LogP contribution in [0.2, 0.25) is 0 Å². The molecule has 1 N–H and O–H groups in total. The van der Waals surface area contributed by atoms with E-state index in [0.717, 1.165) is 44.7 Å². The highest BCUT2D eigenvalue weighted by atomic mass is 16.4. The zero-order chi connectivity index (χ0) is 12.3. The highest BCUT2D eigenvalue weighted by molar-refractivity contribution is 5.78. The number of likely N-dealkylation sites (tertiary alicyclic amines) is 1. The summed E-state index contributed by atoms with van der Waals surface area (Å²) in [6.45, 7) is 4.21. The van der Waals surface area contributed by atoms with Gasteiger partial charge in [-0.2, -0.15) is 0 Å². The minimum Gasteiger partial charge on any atom is -0.480 e. The molecule has 2 unspecified atom stereocenters. The van der Waals surface area contributed by atoms with E-state index in [-0.39, 0.29) is 0 Å². The Morgan fingerprint density at radius 1 is 1.24 bits per heavy atom. The Morgan fingerprint density at radius 3 is 2.53 bits per heavy atom. The zero-order valence-electron chi connectivity index (χ0n) is 11.0. The molecule has 0 aromatic rings. The molecule has 0 aromatic carbocycles. The summed E-state index contributed by atoms with van der Waals surface area (Å²) in [7, 11) is 0. The van der Waals surface area contributed by atoms with Gasteiger partial charge in [0.25, 0.3) is 0 Å². The summed E-state index contributed by atoms with van der Waals surface area (Å²) in [4.78, 5) is 14.0. The highest BCUT2D eigenvalue weighted by Crippen LogP contribution is 2.37. The summed E-state index contributed by atoms with van der Waals surface area (Å²) in [6, 6.07) is 0. The van der Waals surface area contributed by atoms with Crippen LogP contribution >= 0.6 is 0 Å². The van der Waals surface area contributed by atoms with E-state index < -0.39 is 11.5 Å². The van der Waals surface area contributed by atoms with Crippen molar-refractivity contribution >= 4 is 5.97 Å². The lowest BCUT2D eigenvalue weighted by Gasteiger charge is -2.37. The Hall–Kier alpha value is -0.570. The fourth-order valence-electron chi connectivity index (χ4n) is 3.61. The first-order chi connectivity index (χ1) is 8.19. The number of carboxylic acid groups (broad SMARTS) is 1. The lowest BCUT2D eigenvalue weighted by Crippen LogP contribution is -2.53. The van der Waals surface area contributed by atoms with Crippen molar-refractivity contribution in [2.45, 2.75) is 63.8 Å². The van der Waals surface area contributed by atoms with Crippen molar-refractivity contribution in [3.05, 3.63) is 0 Å². The van der Waals surface area contributed by atoms with Gasteiger partial charge < -0.3 is 5.11 Å². The Labute approximate surface area is 104 Å². The van der Waals surface area contributed by atoms with E-state index >= 15 is 0 Å². The van der Waals surface area contributed by atoms with E-state index in [9.17, 15) is 9.90 Å². The number of hydrogen-bond acceptors (Lipinski definition) is 2. The van der Waals surface area contributed by atoms with Gasteiger partial charge in [0.05, 0.1) is 0 Å². The summed E-state index contributed by atoms with van der Waals surface area (Å²) < 4.78 is 0. The number of aliphatic carboxylic acids is 1. The van der Waals surface area contributed by atoms with Crippen LogP contribution in [0, 0.1) is 5.92 Å². The van der Waals surface area contributed by atoms with Gasteiger partial charge in [0.1, 0.15) is 5.54 Å². The van der Waals surface area contributed by atoms with Crippen LogP contribution in [-0.4, -0.2) is 34.6 Å². The molecule has 0 spiro atoms. The first kappa shape index (κ1) is 12.9. The number of nitrogens with zero attached hydrogens (tertiary/aromatic N) is 1. The standard InChI is InChI=1S/C14H25NO2/c1-2-12-6-5-8-14(9-7-12,13(16)17)15-10-3-4-11-15/h12H,2-11H2,1H3,(H,16,17). The second-order valence-corrected chi connectivity index (χ2v) is 5.74. The van der Waals surface area contributed by atoms with Crippen molar-refractivity contribution in [2.75, 3.05) is 13.1 Å². The Kier molecular flexibility index (Phi) is 4.08. The molecule has 1 heterocycles. The quantitative estimate of drug-likeness (QED) is 0.770. The third kappa shape index (κ3) is 2.49. The van der Waals surface area contributed by atoms with Gasteiger partial charge in [-0.1, -0.05) is 26.2 Å². The molecule has 0 radical (unpaired) electrons. The average Bonchev–Trinajstić information content (AvgIpc) is 2.75. The second-order valence-electron chi connectivity index (χ2n) is 5.74. The number of carbonyl (C=O) groups is 1. The van der Waals surface area contributed by atoms with Gasteiger partial charge in [0, 0.05) is 0 Å². The third-order valence-electron chi connectivity index (χ3n) is 4.86. The number of hydrogen-bond donors (Lipinski definition) is 1. The maximum absolute atomic E-state index is 11.8. The molecule has 0 bridgehead atoms. The van der Waals surface area contributed by atoms with Crippen molar-refractivity contribution in [1.29, 1.82) is 0 Å². The Balaban J connectivity index is 2.13. The molecule has 2 atom stereocenters. The topological polar surface area (TPSA) is 40.5 Å². The molecule has 3 heteroatoms. The summed E-state index contributed by atoms with van der Waals surface area (Å²) in [5.74, 6) is 0.176. The molecule has 3 nitrogen and oxygen atoms in total. The summed E-state index contributed by atoms with van der Waals surface area (Å²) in [6.07, 6.45) is 8.67. The van der Waals surface area contributed by atoms with Crippen molar-refractivity contribution in [3.8, 4) is 0 Å². The lowest BCUT2D eigenvalue weighted by molar-refractivity contribution is -0.152. The SMILES string of the molecule is CCC1CCCC(C(=O)O)(N2CCCC2)CC1. The van der Waals surface area contributed by atoms with Gasteiger partial charge in [-0.3, -0.25) is 9.69 Å². The van der Waals surface area contributed by atoms with Crippen LogP contribution in [0.5, 0.6) is 0 Å². The predicted octanol–water partition coefficient (Wildman–Crippen LogP) is 2.90. The van der Waals surface area contributed by atoms with Crippen LogP contribution in [0.25, 0.3) is 0 Å². The molecular formula is C14H25NO2. The van der Waals surface area contributed by atoms with Crippen LogP contribution in [0.3, 0.4) is 0 Å². The summed E-state index contributed by atoms with van der Waals surface area (Å²) in [5.41, 5.74) is -0.527. The van der Waals surface area contributed by atoms with Gasteiger partial charge >= 0.3 is 5.97 Å². The van der Waals surface area contributed by atoms with E-state index in [1.54, 1.807) is 0 Å². The fraction of sp³-hybridized carbons (Fsp3) is 0.929. The van der Waals surface area contributed by atoms with E-state index in [4.69, 9.17) is 0 Å². The van der Waals surface area contributed by atoms with Crippen LogP contribution in [0.1, 0.15) is 58.3 Å². The highest BCUT2D eigenvalue weighted by Gasteiger charge is 2.45. The molecule has 1 saturated carbocycles. The van der Waals surface area contributed by atoms with Crippen molar-refractivity contribution in [1.82, 2.24) is 4.90 Å². The molecule has 0 aromatic heterocycles. The zero-order valence-corrected chi connectivity index (χ0v) is 11.0.